The van der Waals surface area contributed by atoms with Gasteiger partial charge in [0.25, 0.3) is 0 Å². The number of carbonyl (C=O) groups is 2. The Morgan fingerprint density at radius 1 is 0.792 bits per heavy atom. The predicted octanol–water partition coefficient (Wildman–Crippen LogP) is 4.20. The lowest BCUT2D eigenvalue weighted by Crippen LogP contribution is -2.49. The van der Waals surface area contributed by atoms with Gasteiger partial charge >= 0.3 is 6.09 Å². The van der Waals surface area contributed by atoms with E-state index < -0.39 is 16.1 Å². The molecule has 1 fully saturated rings. The van der Waals surface area contributed by atoms with Crippen molar-refractivity contribution in [2.24, 2.45) is 0 Å². The van der Waals surface area contributed by atoms with Crippen molar-refractivity contribution in [1.82, 2.24) is 19.5 Å². The number of sulfonamides is 1. The van der Waals surface area contributed by atoms with Crippen LogP contribution in [0.2, 0.25) is 0 Å². The number of aromatic hydroxyl groups is 1. The van der Waals surface area contributed by atoms with Crippen LogP contribution < -0.4 is 10.3 Å². The van der Waals surface area contributed by atoms with E-state index in [4.69, 9.17) is 4.74 Å². The number of para-hydroxylation sites is 1. The van der Waals surface area contributed by atoms with Crippen LogP contribution in [0, 0.1) is 0 Å². The van der Waals surface area contributed by atoms with Crippen LogP contribution in [-0.2, 0) is 26.1 Å². The fourth-order valence-electron chi connectivity index (χ4n) is 6.28. The molecule has 290 valence electrons. The minimum Gasteiger partial charge on any atom is -0.508 e. The number of carbonyl (C=O) groups excluding carboxylic acids is 2. The van der Waals surface area contributed by atoms with E-state index in [9.17, 15) is 33.3 Å². The highest BCUT2D eigenvalue weighted by Crippen LogP contribution is 2.33. The van der Waals surface area contributed by atoms with Crippen molar-refractivity contribution in [1.29, 1.82) is 0 Å². The van der Waals surface area contributed by atoms with E-state index in [1.807, 2.05) is 59.6 Å². The lowest BCUT2D eigenvalue weighted by Gasteiger charge is -2.37. The fourth-order valence-corrected chi connectivity index (χ4v) is 7.78. The molecule has 14 heteroatoms. The van der Waals surface area contributed by atoms with Gasteiger partial charge in [-0.25, -0.2) is 23.2 Å². The number of hydrazine groups is 1. The Balaban J connectivity index is 1.24. The molecule has 0 saturated carbocycles. The summed E-state index contributed by atoms with van der Waals surface area (Å²) in [6.07, 6.45) is 4.42. The third-order valence-electron chi connectivity index (χ3n) is 9.15. The summed E-state index contributed by atoms with van der Waals surface area (Å²) in [6.45, 7) is 2.64. The highest BCUT2D eigenvalue weighted by atomic mass is 32.2. The zero-order valence-electron chi connectivity index (χ0n) is 30.5. The van der Waals surface area contributed by atoms with Gasteiger partial charge in [-0.15, -0.1) is 0 Å². The summed E-state index contributed by atoms with van der Waals surface area (Å²) < 4.78 is 33.9. The molecule has 1 aliphatic heterocycles. The molecule has 0 spiro atoms. The molecule has 1 aliphatic rings. The van der Waals surface area contributed by atoms with E-state index in [-0.39, 0.29) is 76.4 Å². The molecule has 2 amide bonds. The van der Waals surface area contributed by atoms with Crippen molar-refractivity contribution in [3.8, 4) is 16.9 Å². The Hall–Kier alpha value is -4.05. The average Bonchev–Trinajstić information content (AvgIpc) is 3.17. The quantitative estimate of drug-likeness (QED) is 0.110. The first-order chi connectivity index (χ1) is 25.7. The summed E-state index contributed by atoms with van der Waals surface area (Å²) in [5.41, 5.74) is 3.37. The second-order valence-corrected chi connectivity index (χ2v) is 15.2. The van der Waals surface area contributed by atoms with Crippen LogP contribution in [-0.4, -0.2) is 121 Å². The molecule has 3 aromatic carbocycles. The van der Waals surface area contributed by atoms with Gasteiger partial charge in [0.1, 0.15) is 12.4 Å². The number of ether oxygens (including phenoxy) is 1. The first-order valence-electron chi connectivity index (χ1n) is 18.5. The Morgan fingerprint density at radius 3 is 2.17 bits per heavy atom. The number of phenols is 1. The molecule has 4 N–H and O–H groups in total. The van der Waals surface area contributed by atoms with Gasteiger partial charge < -0.3 is 25.4 Å². The van der Waals surface area contributed by atoms with Gasteiger partial charge in [-0.05, 0) is 55.0 Å². The maximum absolute atomic E-state index is 13.6. The van der Waals surface area contributed by atoms with Crippen molar-refractivity contribution in [3.63, 3.8) is 0 Å². The number of amides is 2. The number of benzene rings is 3. The van der Waals surface area contributed by atoms with Gasteiger partial charge in [-0.1, -0.05) is 73.5 Å². The first kappa shape index (κ1) is 41.7. The molecule has 0 atom stereocenters. The maximum atomic E-state index is 13.6. The standard InChI is InChI=1S/C39H55N5O8S/c45-28-25-41(26-29-46)27-31-53(50,51)43(32-33-16-18-35(47)19-17-33)24-11-2-8-21-40-38(48)20-30-52-39(49)44(42-22-9-3-10-23-42)37-15-7-6-14-36(37)34-12-4-1-5-13-34/h1,4-7,12-19,45-47H,2-3,8-11,20-32H2,(H,40,48). The topological polar surface area (TPSA) is 163 Å². The molecule has 4 rings (SSSR count). The molecular formula is C39H55N5O8S. The first-order valence-corrected chi connectivity index (χ1v) is 20.2. The van der Waals surface area contributed by atoms with Gasteiger partial charge in [0.15, 0.2) is 0 Å². The summed E-state index contributed by atoms with van der Waals surface area (Å²) in [6, 6.07) is 24.1. The summed E-state index contributed by atoms with van der Waals surface area (Å²) >= 11 is 0. The van der Waals surface area contributed by atoms with Gasteiger partial charge in [0.2, 0.25) is 15.9 Å². The predicted molar refractivity (Wildman–Crippen MR) is 206 cm³/mol. The molecule has 1 heterocycles. The number of phenolic OH excluding ortho intramolecular Hbond substituents is 1. The van der Waals surface area contributed by atoms with Gasteiger partial charge in [0, 0.05) is 57.9 Å². The minimum absolute atomic E-state index is 0.0160. The molecular weight excluding hydrogens is 699 g/mol. The maximum Gasteiger partial charge on any atom is 0.429 e. The lowest BCUT2D eigenvalue weighted by molar-refractivity contribution is -0.121. The van der Waals surface area contributed by atoms with Crippen LogP contribution in [0.15, 0.2) is 78.9 Å². The van der Waals surface area contributed by atoms with Crippen molar-refractivity contribution < 1.29 is 38.1 Å². The van der Waals surface area contributed by atoms with E-state index in [1.165, 1.54) is 16.4 Å². The van der Waals surface area contributed by atoms with E-state index in [0.717, 1.165) is 54.7 Å². The van der Waals surface area contributed by atoms with Gasteiger partial charge in [-0.3, -0.25) is 9.69 Å². The molecule has 53 heavy (non-hydrogen) atoms. The summed E-state index contributed by atoms with van der Waals surface area (Å²) in [7, 11) is -3.69. The van der Waals surface area contributed by atoms with Crippen molar-refractivity contribution in [3.05, 3.63) is 84.4 Å². The zero-order valence-corrected chi connectivity index (χ0v) is 31.3. The van der Waals surface area contributed by atoms with Crippen LogP contribution in [0.3, 0.4) is 0 Å². The average molecular weight is 754 g/mol. The van der Waals surface area contributed by atoms with Crippen LogP contribution in [0.1, 0.15) is 50.5 Å². The van der Waals surface area contributed by atoms with E-state index >= 15 is 0 Å². The Morgan fingerprint density at radius 2 is 1.47 bits per heavy atom. The number of unbranched alkanes of at least 4 members (excludes halogenated alkanes) is 2. The Kier molecular flexibility index (Phi) is 17.5. The number of nitrogens with one attached hydrogen (secondary N) is 1. The Labute approximate surface area is 313 Å². The van der Waals surface area contributed by atoms with Crippen LogP contribution in [0.5, 0.6) is 5.75 Å². The number of hydrogen-bond donors (Lipinski definition) is 4. The second-order valence-electron chi connectivity index (χ2n) is 13.1. The number of piperidine rings is 1. The molecule has 0 aliphatic carbocycles. The van der Waals surface area contributed by atoms with Crippen LogP contribution in [0.4, 0.5) is 10.5 Å². The molecule has 0 aromatic heterocycles. The summed E-state index contributed by atoms with van der Waals surface area (Å²) in [5, 5.41) is 34.8. The van der Waals surface area contributed by atoms with Crippen LogP contribution >= 0.6 is 0 Å². The minimum atomic E-state index is -3.69. The van der Waals surface area contributed by atoms with Crippen molar-refractivity contribution in [2.75, 3.05) is 76.4 Å². The van der Waals surface area contributed by atoms with Crippen LogP contribution in [0.25, 0.3) is 11.1 Å². The lowest BCUT2D eigenvalue weighted by atomic mass is 10.0. The third kappa shape index (κ3) is 13.7. The van der Waals surface area contributed by atoms with E-state index in [1.54, 1.807) is 22.0 Å². The molecule has 0 unspecified atom stereocenters. The number of hydrogen-bond acceptors (Lipinski definition) is 10. The second kappa shape index (κ2) is 22.2. The largest absolute Gasteiger partial charge is 0.508 e. The smallest absolute Gasteiger partial charge is 0.429 e. The number of aliphatic hydroxyl groups excluding tert-OH is 2. The summed E-state index contributed by atoms with van der Waals surface area (Å²) in [4.78, 5) is 27.9. The molecule has 0 radical (unpaired) electrons. The molecule has 1 saturated heterocycles. The van der Waals surface area contributed by atoms with Crippen molar-refractivity contribution >= 4 is 27.7 Å². The molecule has 3 aromatic rings. The monoisotopic (exact) mass is 753 g/mol. The fraction of sp³-hybridized carbons (Fsp3) is 0.487. The SMILES string of the molecule is O=C(CCOC(=O)N(c1ccccc1-c1ccccc1)N1CCCCC1)NCCCCCN(Cc1ccc(O)cc1)S(=O)(=O)CCN(CCO)CCO. The zero-order chi connectivity index (χ0) is 37.9. The normalized spacial score (nSPS) is 13.7. The number of aliphatic hydroxyl groups is 2. The van der Waals surface area contributed by atoms with E-state index in [0.29, 0.717) is 25.8 Å². The summed E-state index contributed by atoms with van der Waals surface area (Å²) in [5.74, 6) is -0.309. The highest BCUT2D eigenvalue weighted by Gasteiger charge is 2.29. The van der Waals surface area contributed by atoms with Gasteiger partial charge in [-0.2, -0.15) is 4.31 Å². The van der Waals surface area contributed by atoms with E-state index in [2.05, 4.69) is 5.32 Å². The highest BCUT2D eigenvalue weighted by molar-refractivity contribution is 7.89. The molecule has 13 nitrogen and oxygen atoms in total. The number of anilines is 1. The molecule has 0 bridgehead atoms. The number of nitrogens with zero attached hydrogens (tertiary/aromatic N) is 4. The van der Waals surface area contributed by atoms with Gasteiger partial charge in [0.05, 0.1) is 31.1 Å². The van der Waals surface area contributed by atoms with Crippen molar-refractivity contribution in [2.45, 2.75) is 51.5 Å². The third-order valence-corrected chi connectivity index (χ3v) is 10.9. The number of rotatable bonds is 22. The Bertz CT molecular complexity index is 1630.